The molecule has 3 atom stereocenters. The molecular formula is C27H33N5O2. The van der Waals surface area contributed by atoms with Crippen LogP contribution in [0.25, 0.3) is 22.2 Å². The van der Waals surface area contributed by atoms with Crippen molar-refractivity contribution in [2.45, 2.75) is 70.1 Å². The lowest BCUT2D eigenvalue weighted by molar-refractivity contribution is 0.0236. The number of pyridine rings is 1. The molecule has 7 nitrogen and oxygen atoms in total. The number of aromatic nitrogens is 3. The van der Waals surface area contributed by atoms with Crippen molar-refractivity contribution in [2.24, 2.45) is 11.0 Å². The molecule has 2 aliphatic carbocycles. The predicted octanol–water partition coefficient (Wildman–Crippen LogP) is 4.81. The smallest absolute Gasteiger partial charge is 0.278 e. The standard InChI is InChI=1S/C27H33N5O2/c1-34-25-10-5-4-9-24(25)32-27(33)22-18-30(23-8-3-2-7-21(23)26(22)29-32)17-19-11-13-20(14-12-19)31-16-6-15-28-31/h2-3,7-8,13,15,18-19,24-25H,4-6,9-12,14,16-17H2,1H3. The number of benzene rings is 1. The van der Waals surface area contributed by atoms with E-state index in [2.05, 4.69) is 45.1 Å². The van der Waals surface area contributed by atoms with Gasteiger partial charge in [-0.2, -0.15) is 10.2 Å². The first-order valence-corrected chi connectivity index (χ1v) is 12.7. The predicted molar refractivity (Wildman–Crippen MR) is 134 cm³/mol. The number of fused-ring (bicyclic) bond motifs is 3. The second-order valence-electron chi connectivity index (χ2n) is 9.98. The molecule has 3 aliphatic heterocycles. The first-order chi connectivity index (χ1) is 16.7. The first kappa shape index (κ1) is 21.6. The van der Waals surface area contributed by atoms with Crippen LogP contribution in [0.15, 0.2) is 52.1 Å². The van der Waals surface area contributed by atoms with Gasteiger partial charge >= 0.3 is 0 Å². The maximum absolute atomic E-state index is 13.6. The van der Waals surface area contributed by atoms with Crippen LogP contribution in [0.5, 0.6) is 0 Å². The van der Waals surface area contributed by atoms with Crippen molar-refractivity contribution < 1.29 is 4.74 Å². The summed E-state index contributed by atoms with van der Waals surface area (Å²) in [5.41, 5.74) is 4.05. The lowest BCUT2D eigenvalue weighted by Crippen LogP contribution is -2.35. The molecule has 7 heteroatoms. The van der Waals surface area contributed by atoms with Crippen molar-refractivity contribution in [1.82, 2.24) is 19.4 Å². The van der Waals surface area contributed by atoms with E-state index in [9.17, 15) is 4.79 Å². The van der Waals surface area contributed by atoms with Crippen LogP contribution < -0.4 is 5.56 Å². The van der Waals surface area contributed by atoms with E-state index in [1.54, 1.807) is 11.8 Å². The fraction of sp³-hybridized carbons (Fsp3) is 0.519. The van der Waals surface area contributed by atoms with Crippen molar-refractivity contribution in [1.29, 1.82) is 0 Å². The third kappa shape index (κ3) is 3.76. The Hall–Kier alpha value is -2.93. The van der Waals surface area contributed by atoms with E-state index in [4.69, 9.17) is 9.84 Å². The van der Waals surface area contributed by atoms with Crippen molar-refractivity contribution >= 4 is 17.1 Å². The third-order valence-corrected chi connectivity index (χ3v) is 7.91. The van der Waals surface area contributed by atoms with Gasteiger partial charge in [-0.25, -0.2) is 4.68 Å². The van der Waals surface area contributed by atoms with E-state index in [-0.39, 0.29) is 17.7 Å². The quantitative estimate of drug-likeness (QED) is 0.549. The summed E-state index contributed by atoms with van der Waals surface area (Å²) in [4.78, 5) is 13.6. The molecule has 0 bridgehead atoms. The van der Waals surface area contributed by atoms with Crippen molar-refractivity contribution in [3.05, 3.63) is 52.6 Å². The largest absolute Gasteiger partial charge is 0.379 e. The first-order valence-electron chi connectivity index (χ1n) is 12.7. The number of hydrazone groups is 1. The van der Waals surface area contributed by atoms with E-state index >= 15 is 0 Å². The molecule has 5 aliphatic rings. The van der Waals surface area contributed by atoms with Crippen LogP contribution in [0.3, 0.4) is 0 Å². The summed E-state index contributed by atoms with van der Waals surface area (Å²) in [5, 5.41) is 12.6. The lowest BCUT2D eigenvalue weighted by Gasteiger charge is -2.29. The van der Waals surface area contributed by atoms with Gasteiger partial charge in [0.1, 0.15) is 5.69 Å². The number of hydrogen-bond donors (Lipinski definition) is 0. The highest BCUT2D eigenvalue weighted by Crippen LogP contribution is 2.34. The Morgan fingerprint density at radius 3 is 2.82 bits per heavy atom. The molecule has 0 radical (unpaired) electrons. The van der Waals surface area contributed by atoms with E-state index in [0.717, 1.165) is 86.6 Å². The van der Waals surface area contributed by atoms with Gasteiger partial charge in [0.15, 0.2) is 0 Å². The fourth-order valence-corrected chi connectivity index (χ4v) is 6.07. The molecule has 0 aromatic heterocycles. The molecule has 3 unspecified atom stereocenters. The fourth-order valence-electron chi connectivity index (χ4n) is 6.07. The van der Waals surface area contributed by atoms with E-state index < -0.39 is 0 Å². The van der Waals surface area contributed by atoms with Gasteiger partial charge in [-0.3, -0.25) is 9.80 Å². The molecule has 0 spiro atoms. The molecule has 1 aromatic rings. The van der Waals surface area contributed by atoms with Gasteiger partial charge in [0.05, 0.1) is 23.2 Å². The van der Waals surface area contributed by atoms with Crippen LogP contribution in [0.4, 0.5) is 0 Å². The second kappa shape index (κ2) is 9.02. The molecular weight excluding hydrogens is 426 g/mol. The minimum atomic E-state index is 0.0148. The number of allylic oxidation sites excluding steroid dienone is 2. The Morgan fingerprint density at radius 2 is 2.03 bits per heavy atom. The lowest BCUT2D eigenvalue weighted by atomic mass is 9.91. The number of ether oxygens (including phenoxy) is 1. The normalized spacial score (nSPS) is 25.4. The van der Waals surface area contributed by atoms with Gasteiger partial charge in [-0.1, -0.05) is 37.1 Å². The summed E-state index contributed by atoms with van der Waals surface area (Å²) >= 11 is 0. The topological polar surface area (TPSA) is 64.7 Å². The van der Waals surface area contributed by atoms with Crippen molar-refractivity contribution in [2.75, 3.05) is 13.7 Å². The maximum atomic E-state index is 13.6. The second-order valence-corrected chi connectivity index (χ2v) is 9.98. The molecule has 6 rings (SSSR count). The van der Waals surface area contributed by atoms with Gasteiger partial charge in [0.25, 0.3) is 5.56 Å². The average Bonchev–Trinajstić information content (AvgIpc) is 3.54. The highest BCUT2D eigenvalue weighted by Gasteiger charge is 2.31. The maximum Gasteiger partial charge on any atom is 0.278 e. The van der Waals surface area contributed by atoms with Crippen LogP contribution in [-0.4, -0.2) is 45.3 Å². The molecule has 34 heavy (non-hydrogen) atoms. The van der Waals surface area contributed by atoms with Crippen LogP contribution >= 0.6 is 0 Å². The van der Waals surface area contributed by atoms with Crippen LogP contribution in [0, 0.1) is 5.92 Å². The molecule has 0 saturated heterocycles. The number of hydrogen-bond acceptors (Lipinski definition) is 5. The van der Waals surface area contributed by atoms with Gasteiger partial charge < -0.3 is 9.30 Å². The van der Waals surface area contributed by atoms with Crippen LogP contribution in [-0.2, 0) is 11.3 Å². The monoisotopic (exact) mass is 459 g/mol. The van der Waals surface area contributed by atoms with Gasteiger partial charge in [0.2, 0.25) is 0 Å². The number of para-hydroxylation sites is 1. The average molecular weight is 460 g/mol. The summed E-state index contributed by atoms with van der Waals surface area (Å²) in [5.74, 6) is 0.544. The van der Waals surface area contributed by atoms with Gasteiger partial charge in [-0.05, 0) is 44.1 Å². The number of rotatable bonds is 5. The summed E-state index contributed by atoms with van der Waals surface area (Å²) in [7, 11) is 1.75. The molecule has 0 amide bonds. The summed E-state index contributed by atoms with van der Waals surface area (Å²) in [6.07, 6.45) is 14.9. The van der Waals surface area contributed by atoms with Crippen molar-refractivity contribution in [3.63, 3.8) is 0 Å². The van der Waals surface area contributed by atoms with E-state index in [1.165, 1.54) is 5.70 Å². The minimum Gasteiger partial charge on any atom is -0.379 e. The van der Waals surface area contributed by atoms with Crippen LogP contribution in [0.2, 0.25) is 0 Å². The summed E-state index contributed by atoms with van der Waals surface area (Å²) in [6, 6.07) is 8.39. The Labute approximate surface area is 200 Å². The number of nitrogens with zero attached hydrogens (tertiary/aromatic N) is 5. The Morgan fingerprint density at radius 1 is 1.15 bits per heavy atom. The highest BCUT2D eigenvalue weighted by atomic mass is 16.5. The van der Waals surface area contributed by atoms with Crippen LogP contribution in [0.1, 0.15) is 57.4 Å². The molecule has 1 fully saturated rings. The molecule has 1 aromatic carbocycles. The Kier molecular flexibility index (Phi) is 5.73. The summed E-state index contributed by atoms with van der Waals surface area (Å²) in [6.45, 7) is 1.91. The van der Waals surface area contributed by atoms with Gasteiger partial charge in [-0.15, -0.1) is 0 Å². The number of methoxy groups -OCH3 is 1. The van der Waals surface area contributed by atoms with Crippen molar-refractivity contribution in [3.8, 4) is 11.3 Å². The zero-order valence-corrected chi connectivity index (χ0v) is 19.9. The minimum absolute atomic E-state index is 0.0148. The highest BCUT2D eigenvalue weighted by molar-refractivity contribution is 5.93. The molecule has 1 saturated carbocycles. The SMILES string of the molecule is COC1CCCCC1n1nc2c3ccccc3n(CC3CC=C(N4CCC=N4)CC3)cc-2c1=O. The Balaban J connectivity index is 1.35. The summed E-state index contributed by atoms with van der Waals surface area (Å²) < 4.78 is 9.76. The zero-order chi connectivity index (χ0) is 23.1. The third-order valence-electron chi connectivity index (χ3n) is 7.91. The zero-order valence-electron chi connectivity index (χ0n) is 19.9. The Bertz CT molecular complexity index is 1270. The molecule has 0 N–H and O–H groups in total. The van der Waals surface area contributed by atoms with E-state index in [1.807, 2.05) is 12.3 Å². The van der Waals surface area contributed by atoms with Gasteiger partial charge in [0, 0.05) is 50.1 Å². The van der Waals surface area contributed by atoms with E-state index in [0.29, 0.717) is 5.92 Å². The molecule has 178 valence electrons. The molecule has 3 heterocycles.